The summed E-state index contributed by atoms with van der Waals surface area (Å²) >= 11 is 3.71. The van der Waals surface area contributed by atoms with Gasteiger partial charge in [-0.25, -0.2) is 4.99 Å². The van der Waals surface area contributed by atoms with Crippen molar-refractivity contribution >= 4 is 45.9 Å². The molecule has 2 aromatic rings. The fourth-order valence-electron chi connectivity index (χ4n) is 3.81. The van der Waals surface area contributed by atoms with E-state index in [1.807, 2.05) is 0 Å². The highest BCUT2D eigenvalue weighted by Gasteiger charge is 2.45. The molecule has 28 heavy (non-hydrogen) atoms. The second-order valence-corrected chi connectivity index (χ2v) is 8.30. The molecule has 0 amide bonds. The summed E-state index contributed by atoms with van der Waals surface area (Å²) in [5.41, 5.74) is 1.60. The number of aromatic nitrogens is 3. The molecule has 152 valence electrons. The van der Waals surface area contributed by atoms with Gasteiger partial charge in [0.05, 0.1) is 0 Å². The largest absolute Gasteiger partial charge is 0.357 e. The second-order valence-electron chi connectivity index (χ2n) is 7.45. The number of guanidine groups is 1. The van der Waals surface area contributed by atoms with E-state index in [1.54, 1.807) is 0 Å². The van der Waals surface area contributed by atoms with Gasteiger partial charge in [0.2, 0.25) is 0 Å². The van der Waals surface area contributed by atoms with Crippen LogP contribution in [0.3, 0.4) is 0 Å². The Bertz CT molecular complexity index is 830. The molecule has 1 aliphatic heterocycles. The molecule has 1 aromatic heterocycles. The molecular formula is C20H28BrIN6. The van der Waals surface area contributed by atoms with Gasteiger partial charge in [-0.05, 0) is 44.2 Å². The highest BCUT2D eigenvalue weighted by molar-refractivity contribution is 14.0. The maximum Gasteiger partial charge on any atom is 0.191 e. The van der Waals surface area contributed by atoms with E-state index in [-0.39, 0.29) is 29.4 Å². The Kier molecular flexibility index (Phi) is 7.36. The van der Waals surface area contributed by atoms with Gasteiger partial charge in [0.15, 0.2) is 11.8 Å². The van der Waals surface area contributed by atoms with E-state index in [2.05, 4.69) is 72.5 Å². The van der Waals surface area contributed by atoms with Crippen LogP contribution in [0.4, 0.5) is 0 Å². The summed E-state index contributed by atoms with van der Waals surface area (Å²) in [6.07, 6.45) is 5.86. The Morgan fingerprint density at radius 1 is 1.21 bits per heavy atom. The van der Waals surface area contributed by atoms with E-state index in [9.17, 15) is 0 Å². The minimum Gasteiger partial charge on any atom is -0.357 e. The zero-order chi connectivity index (χ0) is 18.7. The van der Waals surface area contributed by atoms with Gasteiger partial charge in [-0.15, -0.1) is 34.2 Å². The van der Waals surface area contributed by atoms with Crippen molar-refractivity contribution in [2.24, 2.45) is 4.99 Å². The first-order valence-electron chi connectivity index (χ1n) is 9.90. The number of hydrogen-bond acceptors (Lipinski definition) is 3. The SMILES string of the molecule is CCNC(=NCc1nnc2n1CCCC2)NCC1(c2ccccc2Br)CC1.I. The Hall–Kier alpha value is -1.16. The first kappa shape index (κ1) is 21.5. The molecule has 8 heteroatoms. The molecule has 2 N–H and O–H groups in total. The molecule has 1 fully saturated rings. The average Bonchev–Trinajstić information content (AvgIpc) is 3.37. The summed E-state index contributed by atoms with van der Waals surface area (Å²) in [7, 11) is 0. The Morgan fingerprint density at radius 3 is 2.79 bits per heavy atom. The van der Waals surface area contributed by atoms with Crippen molar-refractivity contribution in [2.45, 2.75) is 57.5 Å². The highest BCUT2D eigenvalue weighted by atomic mass is 127. The molecule has 6 nitrogen and oxygen atoms in total. The molecule has 4 rings (SSSR count). The fourth-order valence-corrected chi connectivity index (χ4v) is 4.52. The first-order chi connectivity index (χ1) is 13.2. The topological polar surface area (TPSA) is 67.1 Å². The van der Waals surface area contributed by atoms with Crippen LogP contribution >= 0.6 is 39.9 Å². The molecule has 0 atom stereocenters. The fraction of sp³-hybridized carbons (Fsp3) is 0.550. The van der Waals surface area contributed by atoms with E-state index < -0.39 is 0 Å². The summed E-state index contributed by atoms with van der Waals surface area (Å²) in [4.78, 5) is 4.77. The van der Waals surface area contributed by atoms with Gasteiger partial charge in [0, 0.05) is 35.9 Å². The summed E-state index contributed by atoms with van der Waals surface area (Å²) in [5.74, 6) is 2.92. The summed E-state index contributed by atoms with van der Waals surface area (Å²) in [6.45, 7) is 5.40. The predicted octanol–water partition coefficient (Wildman–Crippen LogP) is 3.78. The average molecular weight is 559 g/mol. The van der Waals surface area contributed by atoms with Crippen LogP contribution in [0.15, 0.2) is 33.7 Å². The van der Waals surface area contributed by atoms with Crippen molar-refractivity contribution in [2.75, 3.05) is 13.1 Å². The smallest absolute Gasteiger partial charge is 0.191 e. The van der Waals surface area contributed by atoms with Gasteiger partial charge in [-0.3, -0.25) is 0 Å². The van der Waals surface area contributed by atoms with E-state index in [4.69, 9.17) is 4.99 Å². The third kappa shape index (κ3) is 4.69. The lowest BCUT2D eigenvalue weighted by atomic mass is 9.96. The second kappa shape index (κ2) is 9.56. The van der Waals surface area contributed by atoms with Gasteiger partial charge in [-0.2, -0.15) is 0 Å². The van der Waals surface area contributed by atoms with Crippen LogP contribution in [0.1, 0.15) is 49.8 Å². The van der Waals surface area contributed by atoms with Gasteiger partial charge in [-0.1, -0.05) is 34.1 Å². The van der Waals surface area contributed by atoms with Crippen molar-refractivity contribution < 1.29 is 0 Å². The monoisotopic (exact) mass is 558 g/mol. The number of fused-ring (bicyclic) bond motifs is 1. The lowest BCUT2D eigenvalue weighted by Crippen LogP contribution is -2.41. The summed E-state index contributed by atoms with van der Waals surface area (Å²) < 4.78 is 3.43. The number of nitrogens with zero attached hydrogens (tertiary/aromatic N) is 4. The quantitative estimate of drug-likeness (QED) is 0.322. The Morgan fingerprint density at radius 2 is 2.04 bits per heavy atom. The zero-order valence-electron chi connectivity index (χ0n) is 16.2. The van der Waals surface area contributed by atoms with Gasteiger partial charge < -0.3 is 15.2 Å². The van der Waals surface area contributed by atoms with E-state index in [1.165, 1.54) is 35.7 Å². The van der Waals surface area contributed by atoms with Crippen molar-refractivity contribution in [1.82, 2.24) is 25.4 Å². The number of aliphatic imine (C=N–C) groups is 1. The van der Waals surface area contributed by atoms with Crippen LogP contribution in [-0.2, 0) is 24.9 Å². The third-order valence-corrected chi connectivity index (χ3v) is 6.24. The molecule has 2 aliphatic rings. The van der Waals surface area contributed by atoms with Crippen molar-refractivity contribution in [3.05, 3.63) is 46.0 Å². The number of nitrogens with one attached hydrogen (secondary N) is 2. The third-order valence-electron chi connectivity index (χ3n) is 5.55. The van der Waals surface area contributed by atoms with E-state index in [0.29, 0.717) is 6.54 Å². The molecule has 0 unspecified atom stereocenters. The van der Waals surface area contributed by atoms with Crippen LogP contribution in [0.25, 0.3) is 0 Å². The van der Waals surface area contributed by atoms with Crippen molar-refractivity contribution in [1.29, 1.82) is 0 Å². The number of rotatable bonds is 6. The maximum atomic E-state index is 4.77. The predicted molar refractivity (Wildman–Crippen MR) is 126 cm³/mol. The molecule has 2 heterocycles. The number of halogens is 2. The molecule has 0 saturated heterocycles. The molecule has 1 aliphatic carbocycles. The minimum absolute atomic E-state index is 0. The summed E-state index contributed by atoms with van der Waals surface area (Å²) in [6, 6.07) is 8.55. The minimum atomic E-state index is 0. The zero-order valence-corrected chi connectivity index (χ0v) is 20.2. The number of benzene rings is 1. The van der Waals surface area contributed by atoms with Gasteiger partial charge >= 0.3 is 0 Å². The van der Waals surface area contributed by atoms with Gasteiger partial charge in [0.1, 0.15) is 12.4 Å². The lowest BCUT2D eigenvalue weighted by molar-refractivity contribution is 0.508. The standard InChI is InChI=1S/C20H27BrN6.HI/c1-2-22-19(23-13-18-26-25-17-9-5-6-12-27(17)18)24-14-20(10-11-20)15-7-3-4-8-16(15)21;/h3-4,7-8H,2,5-6,9-14H2,1H3,(H2,22,23,24);1H. The van der Waals surface area contributed by atoms with Crippen LogP contribution in [-0.4, -0.2) is 33.8 Å². The van der Waals surface area contributed by atoms with Crippen LogP contribution in [0, 0.1) is 0 Å². The lowest BCUT2D eigenvalue weighted by Gasteiger charge is -2.20. The Labute approximate surface area is 192 Å². The molecule has 1 saturated carbocycles. The van der Waals surface area contributed by atoms with Gasteiger partial charge in [0.25, 0.3) is 0 Å². The number of hydrogen-bond donors (Lipinski definition) is 2. The summed E-state index contributed by atoms with van der Waals surface area (Å²) in [5, 5.41) is 15.6. The highest BCUT2D eigenvalue weighted by Crippen LogP contribution is 2.49. The molecule has 0 radical (unpaired) electrons. The van der Waals surface area contributed by atoms with Crippen LogP contribution < -0.4 is 10.6 Å². The number of aryl methyl sites for hydroxylation is 1. The first-order valence-corrected chi connectivity index (χ1v) is 10.7. The van der Waals surface area contributed by atoms with E-state index >= 15 is 0 Å². The van der Waals surface area contributed by atoms with Crippen LogP contribution in [0.2, 0.25) is 0 Å². The van der Waals surface area contributed by atoms with Crippen molar-refractivity contribution in [3.8, 4) is 0 Å². The molecule has 0 bridgehead atoms. The molecule has 1 aromatic carbocycles. The Balaban J connectivity index is 0.00000225. The van der Waals surface area contributed by atoms with Crippen LogP contribution in [0.5, 0.6) is 0 Å². The van der Waals surface area contributed by atoms with E-state index in [0.717, 1.165) is 43.7 Å². The van der Waals surface area contributed by atoms with Crippen molar-refractivity contribution in [3.63, 3.8) is 0 Å². The maximum absolute atomic E-state index is 4.77. The normalized spacial score (nSPS) is 17.4. The molecular weight excluding hydrogens is 531 g/mol. The molecule has 0 spiro atoms.